The summed E-state index contributed by atoms with van der Waals surface area (Å²) >= 11 is 1.51. The predicted molar refractivity (Wildman–Crippen MR) is 106 cm³/mol. The molecule has 136 valence electrons. The van der Waals surface area contributed by atoms with E-state index in [0.29, 0.717) is 17.1 Å². The molecule has 2 aromatic heterocycles. The summed E-state index contributed by atoms with van der Waals surface area (Å²) in [5, 5.41) is 7.46. The van der Waals surface area contributed by atoms with Gasteiger partial charge in [0.1, 0.15) is 5.56 Å². The van der Waals surface area contributed by atoms with Crippen molar-refractivity contribution in [3.05, 3.63) is 69.8 Å². The highest BCUT2D eigenvalue weighted by molar-refractivity contribution is 7.13. The van der Waals surface area contributed by atoms with Crippen LogP contribution in [-0.2, 0) is 4.79 Å². The van der Waals surface area contributed by atoms with E-state index >= 15 is 0 Å². The van der Waals surface area contributed by atoms with Gasteiger partial charge in [0.15, 0.2) is 0 Å². The number of amides is 2. The van der Waals surface area contributed by atoms with Crippen LogP contribution in [0.15, 0.2) is 58.7 Å². The van der Waals surface area contributed by atoms with E-state index in [1.54, 1.807) is 30.3 Å². The summed E-state index contributed by atoms with van der Waals surface area (Å²) in [4.78, 5) is 40.3. The topological polar surface area (TPSA) is 91.1 Å². The van der Waals surface area contributed by atoms with Crippen LogP contribution in [0.2, 0.25) is 0 Å². The van der Waals surface area contributed by atoms with Crippen LogP contribution in [0.1, 0.15) is 23.2 Å². The van der Waals surface area contributed by atoms with Gasteiger partial charge in [-0.05, 0) is 54.6 Å². The standard InChI is InChI=1S/C20H17N3O3S/c24-18(12-6-7-12)21-13-3-1-4-14(11-13)22-19(25)15-8-9-16(23-20(15)26)17-5-2-10-27-17/h1-5,8-12H,6-7H2,(H,21,24)(H,22,25)(H,23,26). The van der Waals surface area contributed by atoms with Crippen molar-refractivity contribution in [1.29, 1.82) is 0 Å². The van der Waals surface area contributed by atoms with Gasteiger partial charge in [-0.25, -0.2) is 0 Å². The van der Waals surface area contributed by atoms with Crippen molar-refractivity contribution in [2.45, 2.75) is 12.8 Å². The fourth-order valence-corrected chi connectivity index (χ4v) is 3.40. The van der Waals surface area contributed by atoms with Crippen LogP contribution in [-0.4, -0.2) is 16.8 Å². The van der Waals surface area contributed by atoms with E-state index in [-0.39, 0.29) is 17.4 Å². The summed E-state index contributed by atoms with van der Waals surface area (Å²) < 4.78 is 0. The zero-order valence-corrected chi connectivity index (χ0v) is 15.1. The zero-order chi connectivity index (χ0) is 18.8. The lowest BCUT2D eigenvalue weighted by atomic mass is 10.2. The maximum absolute atomic E-state index is 12.5. The van der Waals surface area contributed by atoms with E-state index in [2.05, 4.69) is 15.6 Å². The third-order valence-corrected chi connectivity index (χ3v) is 5.18. The quantitative estimate of drug-likeness (QED) is 0.631. The Hall–Kier alpha value is -3.19. The summed E-state index contributed by atoms with van der Waals surface area (Å²) in [6.45, 7) is 0. The van der Waals surface area contributed by atoms with Crippen LogP contribution >= 0.6 is 11.3 Å². The van der Waals surface area contributed by atoms with Gasteiger partial charge in [0.25, 0.3) is 11.5 Å². The van der Waals surface area contributed by atoms with Gasteiger partial charge in [-0.2, -0.15) is 0 Å². The lowest BCUT2D eigenvalue weighted by molar-refractivity contribution is -0.117. The average Bonchev–Trinajstić information content (AvgIpc) is 3.36. The summed E-state index contributed by atoms with van der Waals surface area (Å²) in [6.07, 6.45) is 1.85. The Morgan fingerprint density at radius 3 is 2.44 bits per heavy atom. The first kappa shape index (κ1) is 17.2. The number of H-pyrrole nitrogens is 1. The molecule has 0 atom stereocenters. The lowest BCUT2D eigenvalue weighted by Gasteiger charge is -2.09. The number of thiophene rings is 1. The maximum atomic E-state index is 12.5. The summed E-state index contributed by atoms with van der Waals surface area (Å²) in [6, 6.07) is 13.9. The van der Waals surface area contributed by atoms with Gasteiger partial charge in [-0.15, -0.1) is 11.3 Å². The van der Waals surface area contributed by atoms with E-state index < -0.39 is 11.5 Å². The molecule has 1 aliphatic carbocycles. The van der Waals surface area contributed by atoms with Gasteiger partial charge < -0.3 is 15.6 Å². The van der Waals surface area contributed by atoms with Crippen LogP contribution in [0.25, 0.3) is 10.6 Å². The first-order chi connectivity index (χ1) is 13.1. The zero-order valence-electron chi connectivity index (χ0n) is 14.3. The number of benzene rings is 1. The van der Waals surface area contributed by atoms with Crippen LogP contribution in [0.4, 0.5) is 11.4 Å². The molecule has 0 unspecified atom stereocenters. The Bertz CT molecular complexity index is 1050. The van der Waals surface area contributed by atoms with Crippen LogP contribution < -0.4 is 16.2 Å². The maximum Gasteiger partial charge on any atom is 0.261 e. The van der Waals surface area contributed by atoms with Crippen LogP contribution in [0.5, 0.6) is 0 Å². The van der Waals surface area contributed by atoms with Gasteiger partial charge in [-0.3, -0.25) is 14.4 Å². The van der Waals surface area contributed by atoms with E-state index in [1.165, 1.54) is 17.4 Å². The van der Waals surface area contributed by atoms with Gasteiger partial charge >= 0.3 is 0 Å². The summed E-state index contributed by atoms with van der Waals surface area (Å²) in [7, 11) is 0. The molecule has 27 heavy (non-hydrogen) atoms. The molecule has 1 fully saturated rings. The van der Waals surface area contributed by atoms with Gasteiger partial charge in [0.05, 0.1) is 10.6 Å². The Morgan fingerprint density at radius 2 is 1.78 bits per heavy atom. The van der Waals surface area contributed by atoms with Crippen molar-refractivity contribution in [2.24, 2.45) is 5.92 Å². The number of hydrogen-bond acceptors (Lipinski definition) is 4. The molecule has 0 saturated heterocycles. The largest absolute Gasteiger partial charge is 0.326 e. The molecule has 1 aromatic carbocycles. The van der Waals surface area contributed by atoms with Crippen molar-refractivity contribution in [1.82, 2.24) is 4.98 Å². The van der Waals surface area contributed by atoms with Crippen LogP contribution in [0, 0.1) is 5.92 Å². The Morgan fingerprint density at radius 1 is 1.00 bits per heavy atom. The van der Waals surface area contributed by atoms with Gasteiger partial charge in [0, 0.05) is 17.3 Å². The minimum atomic E-state index is -0.500. The van der Waals surface area contributed by atoms with Crippen molar-refractivity contribution in [3.63, 3.8) is 0 Å². The number of rotatable bonds is 5. The van der Waals surface area contributed by atoms with Gasteiger partial charge in [0.2, 0.25) is 5.91 Å². The highest BCUT2D eigenvalue weighted by Gasteiger charge is 2.29. The number of pyridine rings is 1. The fourth-order valence-electron chi connectivity index (χ4n) is 2.69. The Labute approximate surface area is 159 Å². The molecule has 0 bridgehead atoms. The molecule has 6 nitrogen and oxygen atoms in total. The smallest absolute Gasteiger partial charge is 0.261 e. The number of aromatic amines is 1. The van der Waals surface area contributed by atoms with E-state index in [9.17, 15) is 14.4 Å². The van der Waals surface area contributed by atoms with Crippen molar-refractivity contribution in [3.8, 4) is 10.6 Å². The molecule has 3 N–H and O–H groups in total. The summed E-state index contributed by atoms with van der Waals surface area (Å²) in [5.74, 6) is -0.401. The highest BCUT2D eigenvalue weighted by atomic mass is 32.1. The molecule has 3 aromatic rings. The Balaban J connectivity index is 1.49. The Kier molecular flexibility index (Phi) is 4.60. The van der Waals surface area contributed by atoms with E-state index in [4.69, 9.17) is 0 Å². The minimum absolute atomic E-state index is 0.000846. The molecule has 2 heterocycles. The third kappa shape index (κ3) is 3.98. The molecule has 4 rings (SSSR count). The van der Waals surface area contributed by atoms with Crippen molar-refractivity contribution < 1.29 is 9.59 Å². The molecule has 0 spiro atoms. The second-order valence-corrected chi connectivity index (χ2v) is 7.34. The first-order valence-electron chi connectivity index (χ1n) is 8.59. The number of anilines is 2. The molecule has 2 amide bonds. The normalized spacial score (nSPS) is 13.2. The SMILES string of the molecule is O=C(Nc1cccc(NC(=O)C2CC2)c1)c1ccc(-c2cccs2)[nH]c1=O. The molecular formula is C20H17N3O3S. The molecule has 1 saturated carbocycles. The lowest BCUT2D eigenvalue weighted by Crippen LogP contribution is -2.23. The number of carbonyl (C=O) groups is 2. The number of hydrogen-bond donors (Lipinski definition) is 3. The first-order valence-corrected chi connectivity index (χ1v) is 9.47. The van der Waals surface area contributed by atoms with Crippen molar-refractivity contribution in [2.75, 3.05) is 10.6 Å². The second kappa shape index (κ2) is 7.20. The molecule has 0 radical (unpaired) electrons. The fraction of sp³-hybridized carbons (Fsp3) is 0.150. The minimum Gasteiger partial charge on any atom is -0.326 e. The predicted octanol–water partition coefficient (Wildman–Crippen LogP) is 3.70. The monoisotopic (exact) mass is 379 g/mol. The number of aromatic nitrogens is 1. The number of nitrogens with one attached hydrogen (secondary N) is 3. The molecule has 0 aliphatic heterocycles. The van der Waals surface area contributed by atoms with Crippen molar-refractivity contribution >= 4 is 34.5 Å². The average molecular weight is 379 g/mol. The number of carbonyl (C=O) groups excluding carboxylic acids is 2. The van der Waals surface area contributed by atoms with Gasteiger partial charge in [-0.1, -0.05) is 12.1 Å². The summed E-state index contributed by atoms with van der Waals surface area (Å²) in [5.41, 5.74) is 1.39. The van der Waals surface area contributed by atoms with Crippen LogP contribution in [0.3, 0.4) is 0 Å². The molecule has 1 aliphatic rings. The highest BCUT2D eigenvalue weighted by Crippen LogP contribution is 2.30. The second-order valence-electron chi connectivity index (χ2n) is 6.39. The molecular weight excluding hydrogens is 362 g/mol. The molecule has 7 heteroatoms. The van der Waals surface area contributed by atoms with E-state index in [1.807, 2.05) is 17.5 Å². The third-order valence-electron chi connectivity index (χ3n) is 4.28. The van der Waals surface area contributed by atoms with E-state index in [0.717, 1.165) is 17.7 Å².